The fourth-order valence-electron chi connectivity index (χ4n) is 2.96. The lowest BCUT2D eigenvalue weighted by atomic mass is 10.1. The van der Waals surface area contributed by atoms with E-state index in [0.717, 1.165) is 12.1 Å². The quantitative estimate of drug-likeness (QED) is 0.803. The lowest BCUT2D eigenvalue weighted by Gasteiger charge is -2.34. The first-order valence-electron chi connectivity index (χ1n) is 7.88. The average molecular weight is 385 g/mol. The summed E-state index contributed by atoms with van der Waals surface area (Å²) in [7, 11) is -3.79. The monoisotopic (exact) mass is 385 g/mol. The van der Waals surface area contributed by atoms with Gasteiger partial charge in [-0.1, -0.05) is 5.16 Å². The fourth-order valence-corrected chi connectivity index (χ4v) is 4.68. The molecule has 1 saturated heterocycles. The van der Waals surface area contributed by atoms with E-state index in [1.807, 2.05) is 0 Å². The minimum absolute atomic E-state index is 0.0319. The van der Waals surface area contributed by atoms with Crippen LogP contribution in [0.4, 0.5) is 8.78 Å². The van der Waals surface area contributed by atoms with Crippen LogP contribution < -0.4 is 0 Å². The first-order chi connectivity index (χ1) is 12.2. The zero-order chi connectivity index (χ0) is 19.1. The number of amides is 1. The molecule has 0 bridgehead atoms. The van der Waals surface area contributed by atoms with Crippen molar-refractivity contribution in [3.8, 4) is 0 Å². The van der Waals surface area contributed by atoms with Crippen LogP contribution >= 0.6 is 0 Å². The van der Waals surface area contributed by atoms with Crippen molar-refractivity contribution >= 4 is 15.9 Å². The molecule has 0 radical (unpaired) electrons. The number of aromatic nitrogens is 1. The molecule has 0 unspecified atom stereocenters. The number of rotatable bonds is 3. The molecule has 0 spiro atoms. The van der Waals surface area contributed by atoms with Crippen LogP contribution in [-0.4, -0.2) is 54.9 Å². The van der Waals surface area contributed by atoms with E-state index in [1.165, 1.54) is 16.1 Å². The highest BCUT2D eigenvalue weighted by Gasteiger charge is 2.34. The van der Waals surface area contributed by atoms with Crippen molar-refractivity contribution in [2.24, 2.45) is 0 Å². The Balaban J connectivity index is 1.74. The molecule has 1 aromatic carbocycles. The number of sulfonamides is 1. The SMILES string of the molecule is Cc1noc(C)c1S(=O)(=O)N1CCN(C(=O)c2cc(F)cc(F)c2)CC1. The van der Waals surface area contributed by atoms with Gasteiger partial charge in [0.1, 0.15) is 22.2 Å². The van der Waals surface area contributed by atoms with Gasteiger partial charge in [-0.3, -0.25) is 4.79 Å². The summed E-state index contributed by atoms with van der Waals surface area (Å²) in [6.45, 7) is 3.41. The summed E-state index contributed by atoms with van der Waals surface area (Å²) >= 11 is 0. The van der Waals surface area contributed by atoms with Gasteiger partial charge in [-0.15, -0.1) is 0 Å². The maximum absolute atomic E-state index is 13.3. The zero-order valence-electron chi connectivity index (χ0n) is 14.2. The van der Waals surface area contributed by atoms with Crippen LogP contribution in [0.1, 0.15) is 21.8 Å². The number of carbonyl (C=O) groups is 1. The van der Waals surface area contributed by atoms with Crippen LogP contribution in [0.2, 0.25) is 0 Å². The summed E-state index contributed by atoms with van der Waals surface area (Å²) in [6, 6.07) is 2.60. The van der Waals surface area contributed by atoms with Gasteiger partial charge in [-0.05, 0) is 26.0 Å². The topological polar surface area (TPSA) is 83.7 Å². The van der Waals surface area contributed by atoms with E-state index in [4.69, 9.17) is 4.52 Å². The van der Waals surface area contributed by atoms with Crippen molar-refractivity contribution in [1.29, 1.82) is 0 Å². The molecule has 1 amide bonds. The second-order valence-electron chi connectivity index (χ2n) is 6.01. The minimum atomic E-state index is -3.79. The lowest BCUT2D eigenvalue weighted by Crippen LogP contribution is -2.50. The standard InChI is InChI=1S/C16H17F2N3O4S/c1-10-15(11(2)25-19-10)26(23,24)21-5-3-20(4-6-21)16(22)12-7-13(17)9-14(18)8-12/h7-9H,3-6H2,1-2H3. The van der Waals surface area contributed by atoms with Crippen LogP contribution in [0.15, 0.2) is 27.6 Å². The second kappa shape index (κ2) is 6.76. The number of carbonyl (C=O) groups excluding carboxylic acids is 1. The highest BCUT2D eigenvalue weighted by molar-refractivity contribution is 7.89. The van der Waals surface area contributed by atoms with Gasteiger partial charge in [-0.2, -0.15) is 4.31 Å². The third kappa shape index (κ3) is 3.34. The molecular formula is C16H17F2N3O4S. The van der Waals surface area contributed by atoms with E-state index in [-0.39, 0.29) is 48.1 Å². The van der Waals surface area contributed by atoms with Gasteiger partial charge in [0.25, 0.3) is 5.91 Å². The summed E-state index contributed by atoms with van der Waals surface area (Å²) in [5.41, 5.74) is 0.167. The molecule has 2 aromatic rings. The Bertz CT molecular complexity index is 911. The largest absolute Gasteiger partial charge is 0.360 e. The smallest absolute Gasteiger partial charge is 0.254 e. The van der Waals surface area contributed by atoms with Crippen LogP contribution in [0, 0.1) is 25.5 Å². The zero-order valence-corrected chi connectivity index (χ0v) is 15.0. The molecular weight excluding hydrogens is 368 g/mol. The number of hydrogen-bond acceptors (Lipinski definition) is 5. The van der Waals surface area contributed by atoms with E-state index in [1.54, 1.807) is 6.92 Å². The van der Waals surface area contributed by atoms with Crippen molar-refractivity contribution in [1.82, 2.24) is 14.4 Å². The van der Waals surface area contributed by atoms with Gasteiger partial charge in [0.05, 0.1) is 0 Å². The van der Waals surface area contributed by atoms with Gasteiger partial charge >= 0.3 is 0 Å². The maximum Gasteiger partial charge on any atom is 0.254 e. The Labute approximate surface area is 149 Å². The third-order valence-corrected chi connectivity index (χ3v) is 6.34. The number of benzene rings is 1. The number of aryl methyl sites for hydroxylation is 2. The van der Waals surface area contributed by atoms with E-state index in [2.05, 4.69) is 5.16 Å². The Morgan fingerprint density at radius 2 is 1.65 bits per heavy atom. The van der Waals surface area contributed by atoms with Gasteiger partial charge in [-0.25, -0.2) is 17.2 Å². The first-order valence-corrected chi connectivity index (χ1v) is 9.32. The van der Waals surface area contributed by atoms with Crippen LogP contribution in [0.5, 0.6) is 0 Å². The van der Waals surface area contributed by atoms with E-state index in [0.29, 0.717) is 6.07 Å². The molecule has 10 heteroatoms. The van der Waals surface area contributed by atoms with Crippen molar-refractivity contribution in [2.75, 3.05) is 26.2 Å². The molecule has 1 aliphatic heterocycles. The third-order valence-electron chi connectivity index (χ3n) is 4.20. The maximum atomic E-state index is 13.3. The average Bonchev–Trinajstić information content (AvgIpc) is 2.92. The summed E-state index contributed by atoms with van der Waals surface area (Å²) < 4.78 is 58.3. The summed E-state index contributed by atoms with van der Waals surface area (Å²) in [5, 5.41) is 3.66. The molecule has 26 heavy (non-hydrogen) atoms. The number of hydrogen-bond donors (Lipinski definition) is 0. The molecule has 3 rings (SSSR count). The fraction of sp³-hybridized carbons (Fsp3) is 0.375. The van der Waals surface area contributed by atoms with Gasteiger partial charge in [0.2, 0.25) is 10.0 Å². The van der Waals surface area contributed by atoms with Gasteiger partial charge in [0.15, 0.2) is 5.76 Å². The van der Waals surface area contributed by atoms with Gasteiger partial charge in [0, 0.05) is 37.8 Å². The molecule has 0 saturated carbocycles. The molecule has 0 N–H and O–H groups in total. The molecule has 7 nitrogen and oxygen atoms in total. The lowest BCUT2D eigenvalue weighted by molar-refractivity contribution is 0.0696. The van der Waals surface area contributed by atoms with Crippen LogP contribution in [0.25, 0.3) is 0 Å². The number of nitrogens with zero attached hydrogens (tertiary/aromatic N) is 3. The van der Waals surface area contributed by atoms with E-state index < -0.39 is 27.6 Å². The highest BCUT2D eigenvalue weighted by Crippen LogP contribution is 2.24. The highest BCUT2D eigenvalue weighted by atomic mass is 32.2. The number of piperazine rings is 1. The Morgan fingerprint density at radius 3 is 2.15 bits per heavy atom. The van der Waals surface area contributed by atoms with Crippen molar-refractivity contribution < 1.29 is 26.5 Å². The Morgan fingerprint density at radius 1 is 1.08 bits per heavy atom. The molecule has 1 fully saturated rings. The Hall–Kier alpha value is -2.33. The summed E-state index contributed by atoms with van der Waals surface area (Å²) in [4.78, 5) is 13.8. The van der Waals surface area contributed by atoms with E-state index in [9.17, 15) is 22.0 Å². The normalized spacial score (nSPS) is 16.1. The van der Waals surface area contributed by atoms with Crippen molar-refractivity contribution in [3.05, 3.63) is 46.9 Å². The first kappa shape index (κ1) is 18.5. The van der Waals surface area contributed by atoms with E-state index >= 15 is 0 Å². The molecule has 1 aliphatic rings. The minimum Gasteiger partial charge on any atom is -0.360 e. The molecule has 0 aliphatic carbocycles. The van der Waals surface area contributed by atoms with Crippen molar-refractivity contribution in [3.63, 3.8) is 0 Å². The predicted molar refractivity (Wildman–Crippen MR) is 87.0 cm³/mol. The molecule has 140 valence electrons. The molecule has 0 atom stereocenters. The summed E-state index contributed by atoms with van der Waals surface area (Å²) in [5.74, 6) is -2.02. The summed E-state index contributed by atoms with van der Waals surface area (Å²) in [6.07, 6.45) is 0. The molecule has 1 aromatic heterocycles. The van der Waals surface area contributed by atoms with Crippen LogP contribution in [-0.2, 0) is 10.0 Å². The Kier molecular flexibility index (Phi) is 4.80. The van der Waals surface area contributed by atoms with Gasteiger partial charge < -0.3 is 9.42 Å². The molecule has 2 heterocycles. The van der Waals surface area contributed by atoms with Crippen molar-refractivity contribution in [2.45, 2.75) is 18.7 Å². The van der Waals surface area contributed by atoms with Crippen LogP contribution in [0.3, 0.4) is 0 Å². The second-order valence-corrected chi connectivity index (χ2v) is 7.88. The number of halogens is 2. The predicted octanol–water partition coefficient (Wildman–Crippen LogP) is 1.72.